The second-order valence-corrected chi connectivity index (χ2v) is 15.2. The van der Waals surface area contributed by atoms with Gasteiger partial charge in [0.2, 0.25) is 0 Å². The average molecular weight is 661 g/mol. The average Bonchev–Trinajstić information content (AvgIpc) is 3.50. The molecule has 6 aromatic carbocycles. The number of para-hydroxylation sites is 1. The van der Waals surface area contributed by atoms with E-state index in [1.165, 1.54) is 45.8 Å². The first kappa shape index (κ1) is 31.1. The first-order valence-electron chi connectivity index (χ1n) is 17.9. The molecule has 4 nitrogen and oxygen atoms in total. The van der Waals surface area contributed by atoms with E-state index in [9.17, 15) is 0 Å². The minimum absolute atomic E-state index is 0.123. The Hall–Kier alpha value is -5.87. The van der Waals surface area contributed by atoms with Gasteiger partial charge < -0.3 is 4.57 Å². The summed E-state index contributed by atoms with van der Waals surface area (Å²) in [5, 5.41) is 2.59. The van der Waals surface area contributed by atoms with Crippen LogP contribution < -0.4 is 0 Å². The minimum Gasteiger partial charge on any atom is -0.309 e. The molecule has 2 aromatic heterocycles. The summed E-state index contributed by atoms with van der Waals surface area (Å²) in [7, 11) is 0. The van der Waals surface area contributed by atoms with E-state index >= 15 is 0 Å². The van der Waals surface area contributed by atoms with Crippen LogP contribution in [0.4, 0.5) is 0 Å². The summed E-state index contributed by atoms with van der Waals surface area (Å²) in [6, 6.07) is 51.5. The number of rotatable bonds is 5. The first-order valence-corrected chi connectivity index (χ1v) is 17.9. The summed E-state index contributed by atoms with van der Waals surface area (Å²) in [4.78, 5) is 15.1. The summed E-state index contributed by atoms with van der Waals surface area (Å²) >= 11 is 0. The maximum absolute atomic E-state index is 5.08. The highest BCUT2D eigenvalue weighted by atomic mass is 15.0. The van der Waals surface area contributed by atoms with Crippen molar-refractivity contribution in [1.29, 1.82) is 0 Å². The third-order valence-corrected chi connectivity index (χ3v) is 10.9. The third kappa shape index (κ3) is 5.43. The van der Waals surface area contributed by atoms with E-state index < -0.39 is 0 Å². The van der Waals surface area contributed by atoms with Gasteiger partial charge in [0.05, 0.1) is 11.0 Å². The Morgan fingerprint density at radius 1 is 0.412 bits per heavy atom. The third-order valence-electron chi connectivity index (χ3n) is 10.9. The van der Waals surface area contributed by atoms with Crippen LogP contribution in [-0.2, 0) is 10.8 Å². The van der Waals surface area contributed by atoms with Crippen molar-refractivity contribution in [3.05, 3.63) is 157 Å². The van der Waals surface area contributed by atoms with Crippen molar-refractivity contribution >= 4 is 21.8 Å². The Bertz CT molecular complexity index is 2560. The smallest absolute Gasteiger partial charge is 0.164 e. The summed E-state index contributed by atoms with van der Waals surface area (Å²) in [6.45, 7) is 9.61. The second kappa shape index (κ2) is 11.9. The van der Waals surface area contributed by atoms with Crippen molar-refractivity contribution in [3.8, 4) is 51.0 Å². The van der Waals surface area contributed by atoms with Gasteiger partial charge in [-0.2, -0.15) is 0 Å². The molecule has 0 spiro atoms. The van der Waals surface area contributed by atoms with Crippen LogP contribution >= 0.6 is 0 Å². The van der Waals surface area contributed by atoms with Crippen LogP contribution in [0.2, 0.25) is 0 Å². The molecule has 51 heavy (non-hydrogen) atoms. The highest BCUT2D eigenvalue weighted by molar-refractivity contribution is 6.10. The molecular formula is C47H40N4. The number of aromatic nitrogens is 4. The number of fused-ring (bicyclic) bond motifs is 4. The van der Waals surface area contributed by atoms with Crippen molar-refractivity contribution in [1.82, 2.24) is 19.5 Å². The number of benzene rings is 6. The summed E-state index contributed by atoms with van der Waals surface area (Å²) < 4.78 is 2.43. The Kier molecular flexibility index (Phi) is 7.25. The van der Waals surface area contributed by atoms with E-state index in [0.29, 0.717) is 17.5 Å². The zero-order valence-electron chi connectivity index (χ0n) is 29.6. The Labute approximate surface area is 299 Å². The summed E-state index contributed by atoms with van der Waals surface area (Å²) in [6.07, 6.45) is 2.38. The molecule has 0 amide bonds. The van der Waals surface area contributed by atoms with Gasteiger partial charge in [0, 0.05) is 33.2 Å². The van der Waals surface area contributed by atoms with E-state index in [4.69, 9.17) is 15.0 Å². The molecule has 0 radical (unpaired) electrons. The zero-order valence-corrected chi connectivity index (χ0v) is 29.6. The Morgan fingerprint density at radius 3 is 1.59 bits per heavy atom. The second-order valence-electron chi connectivity index (χ2n) is 15.2. The normalized spacial score (nSPS) is 14.8. The predicted octanol–water partition coefficient (Wildman–Crippen LogP) is 12.0. The lowest BCUT2D eigenvalue weighted by molar-refractivity contribution is 0.332. The lowest BCUT2D eigenvalue weighted by Gasteiger charge is -2.42. The van der Waals surface area contributed by atoms with Crippen molar-refractivity contribution < 1.29 is 0 Å². The van der Waals surface area contributed by atoms with E-state index in [2.05, 4.69) is 154 Å². The van der Waals surface area contributed by atoms with Gasteiger partial charge in [0.1, 0.15) is 0 Å². The van der Waals surface area contributed by atoms with Crippen molar-refractivity contribution in [2.45, 2.75) is 51.4 Å². The molecular weight excluding hydrogens is 621 g/mol. The lowest BCUT2D eigenvalue weighted by atomic mass is 9.63. The van der Waals surface area contributed by atoms with Crippen LogP contribution in [-0.4, -0.2) is 19.5 Å². The minimum atomic E-state index is 0.123. The topological polar surface area (TPSA) is 43.6 Å². The zero-order chi connectivity index (χ0) is 34.7. The van der Waals surface area contributed by atoms with Crippen LogP contribution in [0.1, 0.15) is 51.7 Å². The SMILES string of the molecule is CC1(C)CCC(C)(C)c2cc3c(cc21)c1ccccc1n3-c1ccc(-c2nc(-c3ccccc3)nc(-c3cccc(-c4ccccc4)c3)n2)cc1. The molecule has 2 heterocycles. The summed E-state index contributed by atoms with van der Waals surface area (Å²) in [5.41, 5.74) is 11.9. The van der Waals surface area contributed by atoms with Gasteiger partial charge in [0.15, 0.2) is 17.5 Å². The maximum atomic E-state index is 5.08. The molecule has 0 saturated carbocycles. The van der Waals surface area contributed by atoms with Crippen LogP contribution in [0.5, 0.6) is 0 Å². The van der Waals surface area contributed by atoms with Crippen LogP contribution in [0.25, 0.3) is 72.8 Å². The molecule has 0 fully saturated rings. The van der Waals surface area contributed by atoms with Gasteiger partial charge in [-0.1, -0.05) is 125 Å². The fourth-order valence-electron chi connectivity index (χ4n) is 7.89. The molecule has 9 rings (SSSR count). The van der Waals surface area contributed by atoms with Crippen molar-refractivity contribution in [2.24, 2.45) is 0 Å². The largest absolute Gasteiger partial charge is 0.309 e. The van der Waals surface area contributed by atoms with Gasteiger partial charge in [-0.25, -0.2) is 15.0 Å². The number of hydrogen-bond donors (Lipinski definition) is 0. The van der Waals surface area contributed by atoms with Gasteiger partial charge in [-0.3, -0.25) is 0 Å². The number of hydrogen-bond acceptors (Lipinski definition) is 3. The molecule has 1 aliphatic carbocycles. The molecule has 4 heteroatoms. The first-order chi connectivity index (χ1) is 24.7. The van der Waals surface area contributed by atoms with Gasteiger partial charge in [-0.05, 0) is 94.5 Å². The maximum Gasteiger partial charge on any atom is 0.164 e. The van der Waals surface area contributed by atoms with E-state index in [0.717, 1.165) is 33.5 Å². The fourth-order valence-corrected chi connectivity index (χ4v) is 7.89. The van der Waals surface area contributed by atoms with Crippen molar-refractivity contribution in [2.75, 3.05) is 0 Å². The molecule has 0 saturated heterocycles. The van der Waals surface area contributed by atoms with Gasteiger partial charge in [-0.15, -0.1) is 0 Å². The summed E-state index contributed by atoms with van der Waals surface area (Å²) in [5.74, 6) is 1.96. The molecule has 0 bridgehead atoms. The molecule has 1 aliphatic rings. The van der Waals surface area contributed by atoms with Crippen LogP contribution in [0.3, 0.4) is 0 Å². The highest BCUT2D eigenvalue weighted by Gasteiger charge is 2.37. The van der Waals surface area contributed by atoms with Crippen molar-refractivity contribution in [3.63, 3.8) is 0 Å². The van der Waals surface area contributed by atoms with E-state index in [-0.39, 0.29) is 10.8 Å². The molecule has 0 N–H and O–H groups in total. The fraction of sp³-hybridized carbons (Fsp3) is 0.170. The lowest BCUT2D eigenvalue weighted by Crippen LogP contribution is -2.33. The van der Waals surface area contributed by atoms with Gasteiger partial charge in [0.25, 0.3) is 0 Å². The van der Waals surface area contributed by atoms with E-state index in [1.807, 2.05) is 24.3 Å². The molecule has 8 aromatic rings. The standard InChI is InChI=1S/C47H40N4/c1-46(2)26-27-47(3,4)40-30-42-38(29-39(40)46)37-20-11-12-21-41(37)51(42)36-24-22-33(23-25-36)44-48-43(32-16-9-6-10-17-32)49-45(50-44)35-19-13-18-34(28-35)31-14-7-5-8-15-31/h5-25,28-30H,26-27H2,1-4H3. The molecule has 0 unspecified atom stereocenters. The van der Waals surface area contributed by atoms with Gasteiger partial charge >= 0.3 is 0 Å². The monoisotopic (exact) mass is 660 g/mol. The predicted molar refractivity (Wildman–Crippen MR) is 211 cm³/mol. The van der Waals surface area contributed by atoms with E-state index in [1.54, 1.807) is 0 Å². The number of nitrogens with zero attached hydrogens (tertiary/aromatic N) is 4. The van der Waals surface area contributed by atoms with Crippen LogP contribution in [0.15, 0.2) is 146 Å². The highest BCUT2D eigenvalue weighted by Crippen LogP contribution is 2.48. The molecule has 0 aliphatic heterocycles. The Balaban J connectivity index is 1.18. The van der Waals surface area contributed by atoms with Crippen LogP contribution in [0, 0.1) is 0 Å². The molecule has 0 atom stereocenters. The quantitative estimate of drug-likeness (QED) is 0.184. The molecule has 248 valence electrons. The Morgan fingerprint density at radius 2 is 0.922 bits per heavy atom.